The topological polar surface area (TPSA) is 49.3 Å². The van der Waals surface area contributed by atoms with Crippen molar-refractivity contribution in [3.8, 4) is 5.75 Å². The fourth-order valence-corrected chi connectivity index (χ4v) is 6.73. The largest absolute Gasteiger partial charge is 0.508 e. The van der Waals surface area contributed by atoms with Crippen LogP contribution in [0.3, 0.4) is 0 Å². The molecule has 6 rings (SSSR count). The Labute approximate surface area is 155 Å². The van der Waals surface area contributed by atoms with E-state index in [2.05, 4.69) is 19.2 Å². The van der Waals surface area contributed by atoms with Gasteiger partial charge in [0.25, 0.3) is 0 Å². The van der Waals surface area contributed by atoms with Crippen molar-refractivity contribution in [3.63, 3.8) is 0 Å². The maximum absolute atomic E-state index is 13.5. The fraction of sp³-hybridized carbons (Fsp3) is 0.609. The molecule has 2 N–H and O–H groups in total. The fourth-order valence-electron chi connectivity index (χ4n) is 6.73. The Balaban J connectivity index is 1.52. The van der Waals surface area contributed by atoms with Crippen LogP contribution < -0.4 is 5.32 Å². The summed E-state index contributed by atoms with van der Waals surface area (Å²) in [6.45, 7) is 4.34. The molecule has 4 fully saturated rings. The lowest BCUT2D eigenvalue weighted by Gasteiger charge is -2.55. The number of benzene rings is 1. The zero-order valence-corrected chi connectivity index (χ0v) is 15.8. The van der Waals surface area contributed by atoms with Crippen LogP contribution in [0.25, 0.3) is 5.70 Å². The van der Waals surface area contributed by atoms with E-state index in [0.717, 1.165) is 54.7 Å². The van der Waals surface area contributed by atoms with Gasteiger partial charge in [0.15, 0.2) is 5.78 Å². The van der Waals surface area contributed by atoms with Crippen molar-refractivity contribution >= 4 is 11.5 Å². The lowest BCUT2D eigenvalue weighted by Crippen LogP contribution is -2.50. The molecule has 1 aromatic rings. The standard InChI is InChI=1S/C23H29NO2/c1-22(2)13-17-3-4-18(25)8-19(17)20(24-22)9-21(26)23-10-14-5-15(11-23)7-16(6-14)12-23/h3-4,8-9,14-16,24-25H,5-7,10-13H2,1-2H3/b20-9+. The zero-order valence-electron chi connectivity index (χ0n) is 15.8. The molecule has 4 saturated carbocycles. The highest BCUT2D eigenvalue weighted by Gasteiger charge is 2.54. The lowest BCUT2D eigenvalue weighted by molar-refractivity contribution is -0.138. The van der Waals surface area contributed by atoms with Crippen LogP contribution in [0.1, 0.15) is 63.5 Å². The molecule has 0 atom stereocenters. The first-order chi connectivity index (χ1) is 12.3. The molecule has 4 aliphatic carbocycles. The summed E-state index contributed by atoms with van der Waals surface area (Å²) in [5, 5.41) is 13.5. The Kier molecular flexibility index (Phi) is 3.39. The van der Waals surface area contributed by atoms with Gasteiger partial charge in [-0.05, 0) is 94.2 Å². The Hall–Kier alpha value is -1.77. The van der Waals surface area contributed by atoms with Crippen molar-refractivity contribution in [1.29, 1.82) is 0 Å². The maximum Gasteiger partial charge on any atom is 0.163 e. The van der Waals surface area contributed by atoms with Crippen molar-refractivity contribution in [2.24, 2.45) is 23.2 Å². The average Bonchev–Trinajstić information content (AvgIpc) is 2.53. The van der Waals surface area contributed by atoms with E-state index in [1.165, 1.54) is 24.8 Å². The summed E-state index contributed by atoms with van der Waals surface area (Å²) in [4.78, 5) is 13.5. The molecule has 5 aliphatic rings. The molecule has 1 heterocycles. The van der Waals surface area contributed by atoms with Crippen LogP contribution in [-0.2, 0) is 11.2 Å². The average molecular weight is 351 g/mol. The van der Waals surface area contributed by atoms with Crippen molar-refractivity contribution < 1.29 is 9.90 Å². The molecule has 0 saturated heterocycles. The van der Waals surface area contributed by atoms with Crippen LogP contribution in [0.5, 0.6) is 5.75 Å². The molecule has 0 radical (unpaired) electrons. The zero-order chi connectivity index (χ0) is 18.1. The number of allylic oxidation sites excluding steroid dienone is 1. The van der Waals surface area contributed by atoms with Gasteiger partial charge in [-0.25, -0.2) is 0 Å². The number of phenols is 1. The number of rotatable bonds is 2. The SMILES string of the molecule is CC1(C)Cc2ccc(O)cc2/C(=C\C(=O)C23CC4CC(CC(C4)C2)C3)N1. The Morgan fingerprint density at radius 1 is 1.12 bits per heavy atom. The molecule has 0 amide bonds. The number of carbonyl (C=O) groups excluding carboxylic acids is 1. The Bertz CT molecular complexity index is 769. The second-order valence-electron chi connectivity index (χ2n) is 10.1. The van der Waals surface area contributed by atoms with E-state index in [1.807, 2.05) is 12.1 Å². The molecule has 0 spiro atoms. The minimum Gasteiger partial charge on any atom is -0.508 e. The monoisotopic (exact) mass is 351 g/mol. The van der Waals surface area contributed by atoms with E-state index < -0.39 is 0 Å². The summed E-state index contributed by atoms with van der Waals surface area (Å²) >= 11 is 0. The Morgan fingerprint density at radius 3 is 2.35 bits per heavy atom. The van der Waals surface area contributed by atoms with Gasteiger partial charge < -0.3 is 10.4 Å². The molecule has 1 aromatic carbocycles. The van der Waals surface area contributed by atoms with Crippen LogP contribution in [-0.4, -0.2) is 16.4 Å². The number of ketones is 1. The number of carbonyl (C=O) groups is 1. The number of hydrogen-bond donors (Lipinski definition) is 2. The summed E-state index contributed by atoms with van der Waals surface area (Å²) in [7, 11) is 0. The quantitative estimate of drug-likeness (QED) is 0.774. The van der Waals surface area contributed by atoms with Crippen LogP contribution in [0, 0.1) is 23.2 Å². The van der Waals surface area contributed by atoms with Gasteiger partial charge in [-0.15, -0.1) is 0 Å². The molecule has 26 heavy (non-hydrogen) atoms. The Morgan fingerprint density at radius 2 is 1.73 bits per heavy atom. The molecular formula is C23H29NO2. The molecule has 138 valence electrons. The van der Waals surface area contributed by atoms with E-state index in [0.29, 0.717) is 5.78 Å². The van der Waals surface area contributed by atoms with Crippen molar-refractivity contribution in [3.05, 3.63) is 35.4 Å². The minimum atomic E-state index is -0.109. The summed E-state index contributed by atoms with van der Waals surface area (Å²) in [6.07, 6.45) is 10.1. The number of nitrogens with one attached hydrogen (secondary N) is 1. The highest BCUT2D eigenvalue weighted by Crippen LogP contribution is 2.60. The normalized spacial score (nSPS) is 38.1. The smallest absolute Gasteiger partial charge is 0.163 e. The van der Waals surface area contributed by atoms with Gasteiger partial charge in [0.2, 0.25) is 0 Å². The van der Waals surface area contributed by atoms with Crippen molar-refractivity contribution in [2.75, 3.05) is 0 Å². The van der Waals surface area contributed by atoms with Gasteiger partial charge in [-0.2, -0.15) is 0 Å². The first-order valence-corrected chi connectivity index (χ1v) is 10.2. The number of phenolic OH excluding ortho intramolecular Hbond substituents is 1. The van der Waals surface area contributed by atoms with E-state index in [4.69, 9.17) is 0 Å². The molecule has 3 heteroatoms. The molecular weight excluding hydrogens is 322 g/mol. The third-order valence-corrected chi connectivity index (χ3v) is 7.33. The van der Waals surface area contributed by atoms with E-state index >= 15 is 0 Å². The predicted octanol–water partition coefficient (Wildman–Crippen LogP) is 4.44. The highest BCUT2D eigenvalue weighted by atomic mass is 16.3. The van der Waals surface area contributed by atoms with Crippen molar-refractivity contribution in [2.45, 2.75) is 64.3 Å². The van der Waals surface area contributed by atoms with Crippen molar-refractivity contribution in [1.82, 2.24) is 5.32 Å². The summed E-state index contributed by atoms with van der Waals surface area (Å²) in [6, 6.07) is 5.55. The molecule has 3 nitrogen and oxygen atoms in total. The summed E-state index contributed by atoms with van der Waals surface area (Å²) < 4.78 is 0. The third-order valence-electron chi connectivity index (χ3n) is 7.33. The number of aromatic hydroxyl groups is 1. The molecule has 4 bridgehead atoms. The van der Waals surface area contributed by atoms with Gasteiger partial charge in [-0.3, -0.25) is 4.79 Å². The van der Waals surface area contributed by atoms with Crippen LogP contribution in [0.2, 0.25) is 0 Å². The summed E-state index contributed by atoms with van der Waals surface area (Å²) in [5.74, 6) is 2.91. The van der Waals surface area contributed by atoms with E-state index in [1.54, 1.807) is 12.1 Å². The second-order valence-corrected chi connectivity index (χ2v) is 10.1. The van der Waals surface area contributed by atoms with Gasteiger partial charge in [-0.1, -0.05) is 6.07 Å². The summed E-state index contributed by atoms with van der Waals surface area (Å²) in [5.41, 5.74) is 2.89. The number of hydrogen-bond acceptors (Lipinski definition) is 3. The first kappa shape index (κ1) is 16.4. The lowest BCUT2D eigenvalue weighted by atomic mass is 9.48. The van der Waals surface area contributed by atoms with Crippen LogP contribution in [0.15, 0.2) is 24.3 Å². The molecule has 0 aromatic heterocycles. The van der Waals surface area contributed by atoms with Crippen LogP contribution >= 0.6 is 0 Å². The molecule has 0 unspecified atom stereocenters. The van der Waals surface area contributed by atoms with E-state index in [9.17, 15) is 9.90 Å². The van der Waals surface area contributed by atoms with Gasteiger partial charge in [0, 0.05) is 28.3 Å². The predicted molar refractivity (Wildman–Crippen MR) is 103 cm³/mol. The third kappa shape index (κ3) is 2.59. The van der Waals surface area contributed by atoms with E-state index in [-0.39, 0.29) is 16.7 Å². The maximum atomic E-state index is 13.5. The minimum absolute atomic E-state index is 0.0858. The second kappa shape index (κ2) is 5.37. The van der Waals surface area contributed by atoms with Gasteiger partial charge in [0.1, 0.15) is 5.75 Å². The number of fused-ring (bicyclic) bond motifs is 1. The first-order valence-electron chi connectivity index (χ1n) is 10.2. The molecule has 1 aliphatic heterocycles. The van der Waals surface area contributed by atoms with Gasteiger partial charge >= 0.3 is 0 Å². The van der Waals surface area contributed by atoms with Gasteiger partial charge in [0.05, 0.1) is 0 Å². The highest BCUT2D eigenvalue weighted by molar-refractivity contribution is 6.01. The van der Waals surface area contributed by atoms with Crippen LogP contribution in [0.4, 0.5) is 0 Å².